The molecule has 0 saturated heterocycles. The predicted octanol–water partition coefficient (Wildman–Crippen LogP) is 2.11. The van der Waals surface area contributed by atoms with Crippen molar-refractivity contribution < 1.29 is 4.74 Å². The van der Waals surface area contributed by atoms with Gasteiger partial charge in [0.2, 0.25) is 0 Å². The summed E-state index contributed by atoms with van der Waals surface area (Å²) in [5.41, 5.74) is 2.41. The third-order valence-electron chi connectivity index (χ3n) is 3.56. The van der Waals surface area contributed by atoms with Gasteiger partial charge < -0.3 is 15.0 Å². The van der Waals surface area contributed by atoms with Crippen LogP contribution in [0.15, 0.2) is 12.1 Å². The third kappa shape index (κ3) is 3.91. The highest BCUT2D eigenvalue weighted by Crippen LogP contribution is 2.30. The molecular weight excluding hydrogens is 238 g/mol. The van der Waals surface area contributed by atoms with E-state index < -0.39 is 0 Å². The molecule has 4 heteroatoms. The minimum Gasteiger partial charge on any atom is -0.383 e. The van der Waals surface area contributed by atoms with E-state index in [-0.39, 0.29) is 0 Å². The molecule has 0 unspecified atom stereocenters. The summed E-state index contributed by atoms with van der Waals surface area (Å²) in [4.78, 5) is 7.15. The van der Waals surface area contributed by atoms with Crippen molar-refractivity contribution in [3.05, 3.63) is 23.4 Å². The first-order chi connectivity index (χ1) is 9.26. The topological polar surface area (TPSA) is 37.4 Å². The number of methoxy groups -OCH3 is 1. The summed E-state index contributed by atoms with van der Waals surface area (Å²) >= 11 is 0. The molecule has 1 heterocycles. The minimum atomic E-state index is 0.668. The second-order valence-electron chi connectivity index (χ2n) is 5.11. The maximum atomic E-state index is 5.20. The lowest BCUT2D eigenvalue weighted by atomic mass is 10.2. The Bertz CT molecular complexity index is 404. The molecule has 1 fully saturated rings. The zero-order valence-corrected chi connectivity index (χ0v) is 12.3. The molecule has 1 aliphatic rings. The largest absolute Gasteiger partial charge is 0.383 e. The number of hydrogen-bond donors (Lipinski definition) is 1. The lowest BCUT2D eigenvalue weighted by molar-refractivity contribution is 0.204. The van der Waals surface area contributed by atoms with Crippen molar-refractivity contribution in [2.75, 3.05) is 31.7 Å². The Kier molecular flexibility index (Phi) is 5.16. The summed E-state index contributed by atoms with van der Waals surface area (Å²) < 4.78 is 5.20. The molecule has 0 radical (unpaired) electrons. The van der Waals surface area contributed by atoms with E-state index in [1.54, 1.807) is 7.11 Å². The van der Waals surface area contributed by atoms with Gasteiger partial charge in [0.1, 0.15) is 5.82 Å². The van der Waals surface area contributed by atoms with E-state index >= 15 is 0 Å². The second-order valence-corrected chi connectivity index (χ2v) is 5.11. The molecule has 0 amide bonds. The van der Waals surface area contributed by atoms with Gasteiger partial charge in [0.15, 0.2) is 0 Å². The van der Waals surface area contributed by atoms with Gasteiger partial charge in [-0.05, 0) is 37.9 Å². The third-order valence-corrected chi connectivity index (χ3v) is 3.56. The van der Waals surface area contributed by atoms with Crippen LogP contribution in [0.4, 0.5) is 5.82 Å². The first-order valence-electron chi connectivity index (χ1n) is 7.19. The number of nitrogens with zero attached hydrogens (tertiary/aromatic N) is 2. The standard InChI is InChI=1S/C15H25N3O/c1-4-16-11-13-5-8-15(17-12(13)2)18(9-10-19-3)14-6-7-14/h5,8,14,16H,4,6-7,9-11H2,1-3H3. The monoisotopic (exact) mass is 263 g/mol. The Balaban J connectivity index is 2.07. The van der Waals surface area contributed by atoms with E-state index in [9.17, 15) is 0 Å². The quantitative estimate of drug-likeness (QED) is 0.779. The van der Waals surface area contributed by atoms with Gasteiger partial charge in [-0.15, -0.1) is 0 Å². The molecule has 0 aromatic carbocycles. The van der Waals surface area contributed by atoms with Crippen molar-refractivity contribution in [3.8, 4) is 0 Å². The predicted molar refractivity (Wildman–Crippen MR) is 78.6 cm³/mol. The molecule has 106 valence electrons. The highest BCUT2D eigenvalue weighted by atomic mass is 16.5. The summed E-state index contributed by atoms with van der Waals surface area (Å²) in [6, 6.07) is 5.01. The summed E-state index contributed by atoms with van der Waals surface area (Å²) in [5.74, 6) is 1.09. The molecule has 19 heavy (non-hydrogen) atoms. The van der Waals surface area contributed by atoms with Crippen LogP contribution in [0.25, 0.3) is 0 Å². The van der Waals surface area contributed by atoms with Crippen LogP contribution in [-0.4, -0.2) is 37.8 Å². The van der Waals surface area contributed by atoms with Crippen LogP contribution in [0.1, 0.15) is 31.0 Å². The van der Waals surface area contributed by atoms with E-state index in [0.717, 1.165) is 37.8 Å². The molecular formula is C15H25N3O. The molecule has 1 aromatic heterocycles. The fourth-order valence-electron chi connectivity index (χ4n) is 2.24. The molecule has 1 N–H and O–H groups in total. The van der Waals surface area contributed by atoms with Crippen LogP contribution in [0.2, 0.25) is 0 Å². The van der Waals surface area contributed by atoms with Crippen LogP contribution < -0.4 is 10.2 Å². The Labute approximate surface area is 116 Å². The van der Waals surface area contributed by atoms with Crippen LogP contribution >= 0.6 is 0 Å². The van der Waals surface area contributed by atoms with Gasteiger partial charge >= 0.3 is 0 Å². The van der Waals surface area contributed by atoms with Gasteiger partial charge in [0.25, 0.3) is 0 Å². The van der Waals surface area contributed by atoms with E-state index in [1.165, 1.54) is 18.4 Å². The van der Waals surface area contributed by atoms with Crippen molar-refractivity contribution in [1.29, 1.82) is 0 Å². The number of anilines is 1. The lowest BCUT2D eigenvalue weighted by Crippen LogP contribution is -2.30. The van der Waals surface area contributed by atoms with Crippen molar-refractivity contribution in [2.24, 2.45) is 0 Å². The molecule has 1 aliphatic carbocycles. The van der Waals surface area contributed by atoms with Gasteiger partial charge in [0, 0.05) is 31.9 Å². The smallest absolute Gasteiger partial charge is 0.129 e. The fraction of sp³-hybridized carbons (Fsp3) is 0.667. The Morgan fingerprint density at radius 2 is 2.21 bits per heavy atom. The molecule has 2 rings (SSSR count). The number of ether oxygens (including phenoxy) is 1. The lowest BCUT2D eigenvalue weighted by Gasteiger charge is -2.24. The van der Waals surface area contributed by atoms with Crippen LogP contribution in [0, 0.1) is 6.92 Å². The highest BCUT2D eigenvalue weighted by Gasteiger charge is 2.29. The average Bonchev–Trinajstić information content (AvgIpc) is 3.23. The first kappa shape index (κ1) is 14.3. The van der Waals surface area contributed by atoms with E-state index in [0.29, 0.717) is 6.04 Å². The maximum Gasteiger partial charge on any atom is 0.129 e. The van der Waals surface area contributed by atoms with Crippen molar-refractivity contribution in [3.63, 3.8) is 0 Å². The van der Waals surface area contributed by atoms with Gasteiger partial charge in [-0.3, -0.25) is 0 Å². The molecule has 4 nitrogen and oxygen atoms in total. The average molecular weight is 263 g/mol. The number of pyridine rings is 1. The van der Waals surface area contributed by atoms with Crippen molar-refractivity contribution >= 4 is 5.82 Å². The van der Waals surface area contributed by atoms with E-state index in [4.69, 9.17) is 9.72 Å². The molecule has 1 aromatic rings. The fourth-order valence-corrected chi connectivity index (χ4v) is 2.24. The zero-order chi connectivity index (χ0) is 13.7. The van der Waals surface area contributed by atoms with Gasteiger partial charge in [-0.25, -0.2) is 4.98 Å². The summed E-state index contributed by atoms with van der Waals surface area (Å²) in [6.45, 7) is 7.80. The molecule has 0 atom stereocenters. The number of aryl methyl sites for hydroxylation is 1. The first-order valence-corrected chi connectivity index (χ1v) is 7.19. The molecule has 0 aliphatic heterocycles. The molecule has 1 saturated carbocycles. The highest BCUT2D eigenvalue weighted by molar-refractivity contribution is 5.44. The molecule has 0 spiro atoms. The van der Waals surface area contributed by atoms with Crippen molar-refractivity contribution in [1.82, 2.24) is 10.3 Å². The summed E-state index contributed by atoms with van der Waals surface area (Å²) in [6.07, 6.45) is 2.56. The summed E-state index contributed by atoms with van der Waals surface area (Å²) in [5, 5.41) is 3.35. The van der Waals surface area contributed by atoms with Crippen molar-refractivity contribution in [2.45, 2.75) is 39.3 Å². The molecule has 0 bridgehead atoms. The van der Waals surface area contributed by atoms with Crippen LogP contribution in [0.5, 0.6) is 0 Å². The Morgan fingerprint density at radius 3 is 2.79 bits per heavy atom. The van der Waals surface area contributed by atoms with Gasteiger partial charge in [0.05, 0.1) is 6.61 Å². The van der Waals surface area contributed by atoms with Crippen LogP contribution in [-0.2, 0) is 11.3 Å². The second kappa shape index (κ2) is 6.87. The van der Waals surface area contributed by atoms with E-state index in [1.807, 2.05) is 0 Å². The Hall–Kier alpha value is -1.13. The number of rotatable bonds is 8. The summed E-state index contributed by atoms with van der Waals surface area (Å²) in [7, 11) is 1.75. The normalized spacial score (nSPS) is 14.7. The Morgan fingerprint density at radius 1 is 1.42 bits per heavy atom. The zero-order valence-electron chi connectivity index (χ0n) is 12.3. The number of nitrogens with one attached hydrogen (secondary N) is 1. The number of hydrogen-bond acceptors (Lipinski definition) is 4. The van der Waals surface area contributed by atoms with Gasteiger partial charge in [-0.2, -0.15) is 0 Å². The van der Waals surface area contributed by atoms with Gasteiger partial charge in [-0.1, -0.05) is 13.0 Å². The number of aromatic nitrogens is 1. The van der Waals surface area contributed by atoms with Crippen LogP contribution in [0.3, 0.4) is 0 Å². The maximum absolute atomic E-state index is 5.20. The van der Waals surface area contributed by atoms with E-state index in [2.05, 4.69) is 36.2 Å². The minimum absolute atomic E-state index is 0.668. The SMILES string of the molecule is CCNCc1ccc(N(CCOC)C2CC2)nc1C.